The molecule has 1 unspecified atom stereocenters. The van der Waals surface area contributed by atoms with Crippen LogP contribution in [-0.4, -0.2) is 35.1 Å². The average molecular weight is 199 g/mol. The summed E-state index contributed by atoms with van der Waals surface area (Å²) in [7, 11) is 1.79. The first-order valence-electron chi connectivity index (χ1n) is 5.18. The van der Waals surface area contributed by atoms with Gasteiger partial charge in [-0.1, -0.05) is 20.8 Å². The van der Waals surface area contributed by atoms with Crippen LogP contribution in [0.5, 0.6) is 0 Å². The summed E-state index contributed by atoms with van der Waals surface area (Å²) in [5.74, 6) is 0.0583. The van der Waals surface area contributed by atoms with Gasteiger partial charge in [0.05, 0.1) is 12.0 Å². The molecule has 14 heavy (non-hydrogen) atoms. The van der Waals surface area contributed by atoms with Gasteiger partial charge in [0.2, 0.25) is 5.91 Å². The van der Waals surface area contributed by atoms with Gasteiger partial charge in [0.25, 0.3) is 0 Å². The second-order valence-corrected chi connectivity index (χ2v) is 5.70. The summed E-state index contributed by atoms with van der Waals surface area (Å²) in [4.78, 5) is 13.2. The fourth-order valence-electron chi connectivity index (χ4n) is 2.14. The van der Waals surface area contributed by atoms with Crippen molar-refractivity contribution in [2.75, 3.05) is 13.6 Å². The van der Waals surface area contributed by atoms with E-state index in [0.29, 0.717) is 19.4 Å². The molecule has 0 saturated carbocycles. The normalized spacial score (nSPS) is 29.5. The van der Waals surface area contributed by atoms with Crippen LogP contribution in [0.3, 0.4) is 0 Å². The molecule has 1 N–H and O–H groups in total. The molecule has 1 saturated heterocycles. The van der Waals surface area contributed by atoms with Gasteiger partial charge in [-0.05, 0) is 18.3 Å². The number of rotatable bonds is 1. The highest BCUT2D eigenvalue weighted by molar-refractivity contribution is 5.77. The maximum Gasteiger partial charge on any atom is 0.225 e. The Bertz CT molecular complexity index is 232. The van der Waals surface area contributed by atoms with E-state index in [0.717, 1.165) is 0 Å². The minimum atomic E-state index is -0.776. The van der Waals surface area contributed by atoms with Gasteiger partial charge >= 0.3 is 0 Å². The summed E-state index contributed by atoms with van der Waals surface area (Å²) >= 11 is 0. The first-order chi connectivity index (χ1) is 6.22. The van der Waals surface area contributed by atoms with Crippen LogP contribution < -0.4 is 0 Å². The van der Waals surface area contributed by atoms with Crippen molar-refractivity contribution >= 4 is 5.91 Å². The molecule has 3 nitrogen and oxygen atoms in total. The van der Waals surface area contributed by atoms with Crippen LogP contribution in [0.15, 0.2) is 0 Å². The van der Waals surface area contributed by atoms with Crippen LogP contribution in [-0.2, 0) is 4.79 Å². The monoisotopic (exact) mass is 199 g/mol. The molecule has 1 rings (SSSR count). The van der Waals surface area contributed by atoms with Crippen LogP contribution in [0.1, 0.15) is 40.0 Å². The van der Waals surface area contributed by atoms with Gasteiger partial charge in [0.1, 0.15) is 0 Å². The minimum absolute atomic E-state index is 0.0583. The molecule has 1 atom stereocenters. The third-order valence-corrected chi connectivity index (χ3v) is 2.68. The van der Waals surface area contributed by atoms with Crippen LogP contribution in [0, 0.1) is 5.41 Å². The van der Waals surface area contributed by atoms with Crippen molar-refractivity contribution in [1.29, 1.82) is 0 Å². The van der Waals surface area contributed by atoms with Gasteiger partial charge < -0.3 is 10.0 Å². The molecule has 0 spiro atoms. The van der Waals surface area contributed by atoms with E-state index >= 15 is 0 Å². The molecule has 0 radical (unpaired) electrons. The number of hydrogen-bond acceptors (Lipinski definition) is 2. The van der Waals surface area contributed by atoms with Crippen molar-refractivity contribution in [3.63, 3.8) is 0 Å². The fourth-order valence-corrected chi connectivity index (χ4v) is 2.14. The number of amides is 1. The summed E-state index contributed by atoms with van der Waals surface area (Å²) in [6, 6.07) is 0. The lowest BCUT2D eigenvalue weighted by Gasteiger charge is -2.39. The van der Waals surface area contributed by atoms with Crippen molar-refractivity contribution in [2.45, 2.75) is 45.6 Å². The maximum absolute atomic E-state index is 11.5. The standard InChI is InChI=1S/C11H21NO2/c1-10(2,3)8-11(14)5-6-12(4)9(13)7-11/h14H,5-8H2,1-4H3. The fraction of sp³-hybridized carbons (Fsp3) is 0.909. The first-order valence-corrected chi connectivity index (χ1v) is 5.18. The number of aliphatic hydroxyl groups is 1. The van der Waals surface area contributed by atoms with Gasteiger partial charge in [-0.15, -0.1) is 0 Å². The molecular formula is C11H21NO2. The minimum Gasteiger partial charge on any atom is -0.389 e. The summed E-state index contributed by atoms with van der Waals surface area (Å²) in [5.41, 5.74) is -0.702. The predicted octanol–water partition coefficient (Wildman–Crippen LogP) is 1.41. The van der Waals surface area contributed by atoms with Crippen LogP contribution >= 0.6 is 0 Å². The smallest absolute Gasteiger partial charge is 0.225 e. The highest BCUT2D eigenvalue weighted by Gasteiger charge is 2.38. The summed E-state index contributed by atoms with van der Waals surface area (Å²) in [6.07, 6.45) is 1.67. The van der Waals surface area contributed by atoms with Gasteiger partial charge in [-0.3, -0.25) is 4.79 Å². The van der Waals surface area contributed by atoms with Crippen LogP contribution in [0.25, 0.3) is 0 Å². The van der Waals surface area contributed by atoms with Crippen LogP contribution in [0.4, 0.5) is 0 Å². The van der Waals surface area contributed by atoms with E-state index in [1.54, 1.807) is 11.9 Å². The Morgan fingerprint density at radius 3 is 2.50 bits per heavy atom. The van der Waals surface area contributed by atoms with Crippen molar-refractivity contribution in [3.05, 3.63) is 0 Å². The second kappa shape index (κ2) is 3.54. The second-order valence-electron chi connectivity index (χ2n) is 5.70. The Balaban J connectivity index is 2.63. The van der Waals surface area contributed by atoms with Gasteiger partial charge in [0.15, 0.2) is 0 Å². The van der Waals surface area contributed by atoms with Crippen molar-refractivity contribution < 1.29 is 9.90 Å². The molecular weight excluding hydrogens is 178 g/mol. The van der Waals surface area contributed by atoms with Crippen molar-refractivity contribution in [3.8, 4) is 0 Å². The molecule has 1 amide bonds. The van der Waals surface area contributed by atoms with Gasteiger partial charge in [-0.2, -0.15) is 0 Å². The Kier molecular flexibility index (Phi) is 2.91. The molecule has 1 fully saturated rings. The summed E-state index contributed by atoms with van der Waals surface area (Å²) in [6.45, 7) is 6.95. The van der Waals surface area contributed by atoms with E-state index in [1.807, 2.05) is 0 Å². The third-order valence-electron chi connectivity index (χ3n) is 2.68. The van der Waals surface area contributed by atoms with E-state index in [4.69, 9.17) is 0 Å². The third kappa shape index (κ3) is 2.98. The van der Waals surface area contributed by atoms with Gasteiger partial charge in [0, 0.05) is 13.6 Å². The Morgan fingerprint density at radius 1 is 1.50 bits per heavy atom. The molecule has 82 valence electrons. The number of likely N-dealkylation sites (tertiary alicyclic amines) is 1. The number of carbonyl (C=O) groups is 1. The van der Waals surface area contributed by atoms with Crippen LogP contribution in [0.2, 0.25) is 0 Å². The lowest BCUT2D eigenvalue weighted by molar-refractivity contribution is -0.143. The Hall–Kier alpha value is -0.570. The van der Waals surface area contributed by atoms with E-state index < -0.39 is 5.60 Å². The molecule has 0 aliphatic carbocycles. The molecule has 3 heteroatoms. The van der Waals surface area contributed by atoms with E-state index in [-0.39, 0.29) is 17.7 Å². The summed E-state index contributed by atoms with van der Waals surface area (Å²) in [5, 5.41) is 10.2. The molecule has 0 aromatic carbocycles. The quantitative estimate of drug-likeness (QED) is 0.693. The largest absolute Gasteiger partial charge is 0.389 e. The number of nitrogens with zero attached hydrogens (tertiary/aromatic N) is 1. The van der Waals surface area contributed by atoms with E-state index in [1.165, 1.54) is 0 Å². The molecule has 0 bridgehead atoms. The predicted molar refractivity (Wildman–Crippen MR) is 55.9 cm³/mol. The summed E-state index contributed by atoms with van der Waals surface area (Å²) < 4.78 is 0. The Labute approximate surface area is 86.1 Å². The highest BCUT2D eigenvalue weighted by atomic mass is 16.3. The maximum atomic E-state index is 11.5. The number of hydrogen-bond donors (Lipinski definition) is 1. The zero-order chi connectivity index (χ0) is 11.0. The van der Waals surface area contributed by atoms with Crippen molar-refractivity contribution in [2.24, 2.45) is 5.41 Å². The lowest BCUT2D eigenvalue weighted by atomic mass is 9.77. The highest BCUT2D eigenvalue weighted by Crippen LogP contribution is 2.34. The lowest BCUT2D eigenvalue weighted by Crippen LogP contribution is -2.47. The Morgan fingerprint density at radius 2 is 2.07 bits per heavy atom. The molecule has 0 aromatic heterocycles. The molecule has 1 heterocycles. The zero-order valence-corrected chi connectivity index (χ0v) is 9.63. The SMILES string of the molecule is CN1CCC(O)(CC(C)(C)C)CC1=O. The van der Waals surface area contributed by atoms with E-state index in [2.05, 4.69) is 20.8 Å². The van der Waals surface area contributed by atoms with E-state index in [9.17, 15) is 9.90 Å². The topological polar surface area (TPSA) is 40.5 Å². The number of piperidine rings is 1. The van der Waals surface area contributed by atoms with Gasteiger partial charge in [-0.25, -0.2) is 0 Å². The first kappa shape index (κ1) is 11.5. The van der Waals surface area contributed by atoms with Crippen molar-refractivity contribution in [1.82, 2.24) is 4.90 Å². The average Bonchev–Trinajstić information content (AvgIpc) is 1.94. The zero-order valence-electron chi connectivity index (χ0n) is 9.63. The molecule has 1 aliphatic rings. The molecule has 1 aliphatic heterocycles. The number of carbonyl (C=O) groups excluding carboxylic acids is 1. The molecule has 0 aromatic rings.